The molecule has 0 fully saturated rings. The van der Waals surface area contributed by atoms with Crippen LogP contribution in [0.1, 0.15) is 51.4 Å². The molecule has 0 unspecified atom stereocenters. The Morgan fingerprint density at radius 1 is 0.935 bits per heavy atom. The Labute approximate surface area is 185 Å². The fraction of sp³-hybridized carbons (Fsp3) is 0.458. The summed E-state index contributed by atoms with van der Waals surface area (Å²) in [6.07, 6.45) is 14.7. The van der Waals surface area contributed by atoms with Gasteiger partial charge in [-0.3, -0.25) is 15.3 Å². The van der Waals surface area contributed by atoms with Gasteiger partial charge in [0.15, 0.2) is 17.7 Å². The van der Waals surface area contributed by atoms with Crippen molar-refractivity contribution < 1.29 is 9.47 Å². The second-order valence-electron chi connectivity index (χ2n) is 7.16. The summed E-state index contributed by atoms with van der Waals surface area (Å²) in [6.45, 7) is 1.42. The lowest BCUT2D eigenvalue weighted by atomic mass is 10.1. The zero-order chi connectivity index (χ0) is 22.0. The number of rotatable bonds is 14. The molecule has 1 heterocycles. The summed E-state index contributed by atoms with van der Waals surface area (Å²) in [4.78, 5) is 8.42. The van der Waals surface area contributed by atoms with Crippen molar-refractivity contribution in [1.29, 1.82) is 5.26 Å². The first-order valence-electron chi connectivity index (χ1n) is 11.0. The van der Waals surface area contributed by atoms with Crippen LogP contribution < -0.4 is 20.1 Å². The summed E-state index contributed by atoms with van der Waals surface area (Å²) >= 11 is 0. The Bertz CT molecular complexity index is 805. The molecule has 7 heteroatoms. The number of nitrogens with one attached hydrogen (secondary N) is 2. The third-order valence-corrected chi connectivity index (χ3v) is 4.77. The van der Waals surface area contributed by atoms with E-state index in [4.69, 9.17) is 14.7 Å². The number of nitriles is 1. The minimum atomic E-state index is 0.476. The zero-order valence-electron chi connectivity index (χ0n) is 18.3. The monoisotopic (exact) mass is 423 g/mol. The van der Waals surface area contributed by atoms with Gasteiger partial charge in [0.1, 0.15) is 0 Å². The number of aromatic nitrogens is 1. The van der Waals surface area contributed by atoms with Crippen molar-refractivity contribution in [2.24, 2.45) is 4.99 Å². The summed E-state index contributed by atoms with van der Waals surface area (Å²) in [6, 6.07) is 11.4. The zero-order valence-corrected chi connectivity index (χ0v) is 18.3. The van der Waals surface area contributed by atoms with Crippen molar-refractivity contribution in [1.82, 2.24) is 10.3 Å². The number of anilines is 1. The number of aliphatic imine (C=N–C) groups is 1. The first kappa shape index (κ1) is 24.0. The lowest BCUT2D eigenvalue weighted by Gasteiger charge is -2.10. The summed E-state index contributed by atoms with van der Waals surface area (Å²) in [5.41, 5.74) is 0.852. The molecule has 0 bridgehead atoms. The Kier molecular flexibility index (Phi) is 12.0. The number of unbranched alkanes of at least 4 members (excludes halogenated alkanes) is 7. The van der Waals surface area contributed by atoms with Gasteiger partial charge >= 0.3 is 0 Å². The van der Waals surface area contributed by atoms with Crippen molar-refractivity contribution in [2.45, 2.75) is 51.4 Å². The van der Waals surface area contributed by atoms with Gasteiger partial charge < -0.3 is 14.8 Å². The highest BCUT2D eigenvalue weighted by Crippen LogP contribution is 2.25. The van der Waals surface area contributed by atoms with Gasteiger partial charge in [-0.2, -0.15) is 5.26 Å². The number of benzene rings is 1. The molecule has 1 aromatic heterocycles. The van der Waals surface area contributed by atoms with Gasteiger partial charge in [-0.1, -0.05) is 50.7 Å². The van der Waals surface area contributed by atoms with E-state index in [9.17, 15) is 0 Å². The molecule has 2 N–H and O–H groups in total. The van der Waals surface area contributed by atoms with Crippen molar-refractivity contribution in [3.8, 4) is 17.7 Å². The maximum atomic E-state index is 8.87. The van der Waals surface area contributed by atoms with Crippen LogP contribution in [0, 0.1) is 11.5 Å². The second kappa shape index (κ2) is 15.6. The topological polar surface area (TPSA) is 91.6 Å². The fourth-order valence-corrected chi connectivity index (χ4v) is 3.12. The van der Waals surface area contributed by atoms with Gasteiger partial charge in [-0.05, 0) is 37.1 Å². The molecule has 0 spiro atoms. The average Bonchev–Trinajstić information content (AvgIpc) is 2.80. The van der Waals surface area contributed by atoms with Crippen LogP contribution in [-0.4, -0.2) is 31.2 Å². The van der Waals surface area contributed by atoms with Crippen LogP contribution in [0.15, 0.2) is 53.8 Å². The molecule has 1 aromatic carbocycles. The normalized spacial score (nSPS) is 10.9. The molecule has 2 aromatic rings. The second-order valence-corrected chi connectivity index (χ2v) is 7.16. The predicted octanol–water partition coefficient (Wildman–Crippen LogP) is 5.13. The number of para-hydroxylation sites is 2. The van der Waals surface area contributed by atoms with Crippen LogP contribution in [0.4, 0.5) is 5.69 Å². The van der Waals surface area contributed by atoms with E-state index in [2.05, 4.69) is 20.6 Å². The number of hydrogen-bond donors (Lipinski definition) is 2. The van der Waals surface area contributed by atoms with Crippen LogP contribution >= 0.6 is 0 Å². The quantitative estimate of drug-likeness (QED) is 0.144. The molecule has 7 nitrogen and oxygen atoms in total. The Balaban J connectivity index is 1.46. The molecule has 0 amide bonds. The van der Waals surface area contributed by atoms with Crippen molar-refractivity contribution in [3.63, 3.8) is 0 Å². The third-order valence-electron chi connectivity index (χ3n) is 4.77. The van der Waals surface area contributed by atoms with Gasteiger partial charge in [0.05, 0.1) is 13.7 Å². The lowest BCUT2D eigenvalue weighted by Crippen LogP contribution is -2.27. The summed E-state index contributed by atoms with van der Waals surface area (Å²) in [5.74, 6) is 2.08. The van der Waals surface area contributed by atoms with Gasteiger partial charge in [0, 0.05) is 24.6 Å². The van der Waals surface area contributed by atoms with E-state index in [1.807, 2.05) is 42.6 Å². The number of guanidine groups is 1. The highest BCUT2D eigenvalue weighted by Gasteiger charge is 2.02. The van der Waals surface area contributed by atoms with Crippen LogP contribution in [-0.2, 0) is 0 Å². The molecule has 0 radical (unpaired) electrons. The molecule has 166 valence electrons. The van der Waals surface area contributed by atoms with E-state index in [-0.39, 0.29) is 0 Å². The van der Waals surface area contributed by atoms with E-state index < -0.39 is 0 Å². The van der Waals surface area contributed by atoms with Crippen LogP contribution in [0.25, 0.3) is 0 Å². The molecule has 31 heavy (non-hydrogen) atoms. The first-order chi connectivity index (χ1) is 15.3. The maximum Gasteiger partial charge on any atom is 0.209 e. The summed E-state index contributed by atoms with van der Waals surface area (Å²) in [7, 11) is 1.66. The van der Waals surface area contributed by atoms with Gasteiger partial charge in [0.2, 0.25) is 5.96 Å². The maximum absolute atomic E-state index is 8.87. The standard InChI is InChI=1S/C24H33N5O2/c1-30-22-12-8-9-13-23(22)31-19-11-7-5-3-2-4-6-10-16-27-24(28-20-25)29-21-14-17-26-18-15-21/h8-9,12-15,17-18H,2-7,10-11,16,19H2,1H3,(H2,26,27,28,29). The first-order valence-corrected chi connectivity index (χ1v) is 11.0. The number of pyridine rings is 1. The smallest absolute Gasteiger partial charge is 0.209 e. The fourth-order valence-electron chi connectivity index (χ4n) is 3.12. The van der Waals surface area contributed by atoms with Crippen LogP contribution in [0.5, 0.6) is 11.5 Å². The SMILES string of the molecule is COc1ccccc1OCCCCCCCCCCN=C(NC#N)Nc1ccncc1. The highest BCUT2D eigenvalue weighted by molar-refractivity contribution is 5.94. The Morgan fingerprint density at radius 3 is 2.26 bits per heavy atom. The number of nitrogens with zero attached hydrogens (tertiary/aromatic N) is 3. The predicted molar refractivity (Wildman–Crippen MR) is 124 cm³/mol. The van der Waals surface area contributed by atoms with Crippen LogP contribution in [0.2, 0.25) is 0 Å². The largest absolute Gasteiger partial charge is 0.493 e. The molecule has 0 aliphatic carbocycles. The molecule has 0 atom stereocenters. The Hall–Kier alpha value is -3.27. The minimum absolute atomic E-state index is 0.476. The van der Waals surface area contributed by atoms with E-state index in [1.165, 1.54) is 32.1 Å². The molecule has 0 aliphatic rings. The van der Waals surface area contributed by atoms with Gasteiger partial charge in [-0.15, -0.1) is 0 Å². The van der Waals surface area contributed by atoms with Crippen molar-refractivity contribution >= 4 is 11.6 Å². The average molecular weight is 424 g/mol. The third kappa shape index (κ3) is 10.4. The van der Waals surface area contributed by atoms with E-state index in [0.29, 0.717) is 12.5 Å². The molecular formula is C24H33N5O2. The number of hydrogen-bond acceptors (Lipinski definition) is 5. The highest BCUT2D eigenvalue weighted by atomic mass is 16.5. The number of ether oxygens (including phenoxy) is 2. The molecule has 0 saturated carbocycles. The molecule has 2 rings (SSSR count). The number of methoxy groups -OCH3 is 1. The minimum Gasteiger partial charge on any atom is -0.493 e. The molecular weight excluding hydrogens is 390 g/mol. The summed E-state index contributed by atoms with van der Waals surface area (Å²) < 4.78 is 11.1. The molecule has 0 saturated heterocycles. The van der Waals surface area contributed by atoms with Crippen molar-refractivity contribution in [2.75, 3.05) is 25.6 Å². The summed E-state index contributed by atoms with van der Waals surface area (Å²) in [5, 5.41) is 14.5. The van der Waals surface area contributed by atoms with Gasteiger partial charge in [-0.25, -0.2) is 0 Å². The molecule has 0 aliphatic heterocycles. The van der Waals surface area contributed by atoms with Gasteiger partial charge in [0.25, 0.3) is 0 Å². The van der Waals surface area contributed by atoms with E-state index in [1.54, 1.807) is 19.5 Å². The van der Waals surface area contributed by atoms with E-state index in [0.717, 1.165) is 43.1 Å². The Morgan fingerprint density at radius 2 is 1.58 bits per heavy atom. The van der Waals surface area contributed by atoms with E-state index >= 15 is 0 Å². The van der Waals surface area contributed by atoms with Crippen molar-refractivity contribution in [3.05, 3.63) is 48.8 Å². The lowest BCUT2D eigenvalue weighted by molar-refractivity contribution is 0.284. The van der Waals surface area contributed by atoms with Crippen LogP contribution in [0.3, 0.4) is 0 Å².